The standard InChI is InChI=1S/C19H27N5O3S/c1-4-9-24-11-10-23(14-21-24)17-7-5-16(6-8-17)22(2)13-18(27-15-25)12-20-19(28)26-3/h4-8,14-15,18H,1,9-13H2,2-3H3,(H,20,28). The van der Waals surface area contributed by atoms with Crippen molar-refractivity contribution in [1.82, 2.24) is 10.3 Å². The molecule has 1 aromatic carbocycles. The Morgan fingerprint density at radius 2 is 2.18 bits per heavy atom. The van der Waals surface area contributed by atoms with Gasteiger partial charge in [0.15, 0.2) is 0 Å². The molecule has 1 aliphatic rings. The van der Waals surface area contributed by atoms with E-state index in [-0.39, 0.29) is 11.3 Å². The number of carbonyl (C=O) groups is 1. The zero-order chi connectivity index (χ0) is 20.4. The summed E-state index contributed by atoms with van der Waals surface area (Å²) in [5.74, 6) is 0. The van der Waals surface area contributed by atoms with Gasteiger partial charge in [0.2, 0.25) is 0 Å². The summed E-state index contributed by atoms with van der Waals surface area (Å²) >= 11 is 4.95. The van der Waals surface area contributed by atoms with Crippen molar-refractivity contribution >= 4 is 41.6 Å². The summed E-state index contributed by atoms with van der Waals surface area (Å²) in [6.07, 6.45) is 3.32. The number of hydrogen-bond donors (Lipinski definition) is 1. The number of carbonyl (C=O) groups excluding carboxylic acids is 1. The van der Waals surface area contributed by atoms with Gasteiger partial charge in [0.25, 0.3) is 11.6 Å². The van der Waals surface area contributed by atoms with Crippen molar-refractivity contribution in [3.8, 4) is 0 Å². The van der Waals surface area contributed by atoms with Gasteiger partial charge in [-0.1, -0.05) is 6.08 Å². The Labute approximate surface area is 171 Å². The van der Waals surface area contributed by atoms with Crippen LogP contribution in [0.4, 0.5) is 11.4 Å². The van der Waals surface area contributed by atoms with E-state index in [1.165, 1.54) is 7.11 Å². The number of anilines is 2. The summed E-state index contributed by atoms with van der Waals surface area (Å²) in [7, 11) is 3.43. The molecule has 1 atom stereocenters. The fourth-order valence-corrected chi connectivity index (χ4v) is 2.85. The molecule has 0 aromatic heterocycles. The minimum absolute atomic E-state index is 0.265. The van der Waals surface area contributed by atoms with Gasteiger partial charge >= 0.3 is 0 Å². The Hall–Kier alpha value is -2.81. The molecular weight excluding hydrogens is 378 g/mol. The summed E-state index contributed by atoms with van der Waals surface area (Å²) in [6, 6.07) is 8.17. The maximum absolute atomic E-state index is 10.8. The molecule has 0 amide bonds. The lowest BCUT2D eigenvalue weighted by Gasteiger charge is -2.30. The quantitative estimate of drug-likeness (QED) is 0.356. The third-order valence-corrected chi connectivity index (χ3v) is 4.61. The molecule has 9 heteroatoms. The van der Waals surface area contributed by atoms with Crippen LogP contribution in [0.2, 0.25) is 0 Å². The van der Waals surface area contributed by atoms with Gasteiger partial charge in [0.1, 0.15) is 12.4 Å². The normalized spacial score (nSPS) is 14.2. The maximum atomic E-state index is 10.8. The van der Waals surface area contributed by atoms with Gasteiger partial charge in [-0.15, -0.1) is 6.58 Å². The van der Waals surface area contributed by atoms with Crippen LogP contribution in [0, 0.1) is 0 Å². The molecule has 0 saturated carbocycles. The van der Waals surface area contributed by atoms with Crippen LogP contribution in [0.25, 0.3) is 0 Å². The van der Waals surface area contributed by atoms with Crippen LogP contribution in [0.1, 0.15) is 0 Å². The minimum atomic E-state index is -0.361. The Morgan fingerprint density at radius 3 is 2.75 bits per heavy atom. The first-order chi connectivity index (χ1) is 13.6. The molecule has 0 saturated heterocycles. The number of thiocarbonyl (C=S) groups is 1. The smallest absolute Gasteiger partial charge is 0.293 e. The van der Waals surface area contributed by atoms with Crippen molar-refractivity contribution in [2.45, 2.75) is 6.10 Å². The van der Waals surface area contributed by atoms with E-state index >= 15 is 0 Å². The summed E-state index contributed by atoms with van der Waals surface area (Å²) in [5, 5.41) is 9.56. The lowest BCUT2D eigenvalue weighted by atomic mass is 10.2. The van der Waals surface area contributed by atoms with Crippen LogP contribution in [0.15, 0.2) is 42.0 Å². The molecule has 0 fully saturated rings. The third-order valence-electron chi connectivity index (χ3n) is 4.30. The minimum Gasteiger partial charge on any atom is -0.474 e. The predicted molar refractivity (Wildman–Crippen MR) is 116 cm³/mol. The number of benzene rings is 1. The molecule has 1 N–H and O–H groups in total. The summed E-state index contributed by atoms with van der Waals surface area (Å²) < 4.78 is 10.0. The first-order valence-electron chi connectivity index (χ1n) is 8.96. The average Bonchev–Trinajstić information content (AvgIpc) is 2.72. The number of methoxy groups -OCH3 is 1. The highest BCUT2D eigenvalue weighted by molar-refractivity contribution is 7.80. The number of nitrogens with zero attached hydrogens (tertiary/aromatic N) is 4. The monoisotopic (exact) mass is 405 g/mol. The molecule has 1 aliphatic heterocycles. The Balaban J connectivity index is 1.93. The molecule has 2 rings (SSSR count). The second-order valence-electron chi connectivity index (χ2n) is 6.25. The van der Waals surface area contributed by atoms with Gasteiger partial charge in [-0.25, -0.2) is 0 Å². The molecule has 1 aromatic rings. The van der Waals surface area contributed by atoms with Crippen LogP contribution >= 0.6 is 12.2 Å². The number of likely N-dealkylation sites (N-methyl/N-ethyl adjacent to an activating group) is 1. The first kappa shape index (κ1) is 21.5. The number of hydrogen-bond acceptors (Lipinski definition) is 8. The van der Waals surface area contributed by atoms with Crippen LogP contribution in [0.3, 0.4) is 0 Å². The molecule has 0 radical (unpaired) electrons. The van der Waals surface area contributed by atoms with Gasteiger partial charge < -0.3 is 24.6 Å². The first-order valence-corrected chi connectivity index (χ1v) is 9.37. The maximum Gasteiger partial charge on any atom is 0.293 e. The van der Waals surface area contributed by atoms with Gasteiger partial charge in [0.05, 0.1) is 33.3 Å². The van der Waals surface area contributed by atoms with Crippen molar-refractivity contribution in [3.05, 3.63) is 36.9 Å². The fourth-order valence-electron chi connectivity index (χ4n) is 2.77. The number of hydrazone groups is 1. The molecule has 1 heterocycles. The zero-order valence-electron chi connectivity index (χ0n) is 16.3. The lowest BCUT2D eigenvalue weighted by Crippen LogP contribution is -2.40. The van der Waals surface area contributed by atoms with Crippen molar-refractivity contribution in [2.24, 2.45) is 5.10 Å². The highest BCUT2D eigenvalue weighted by atomic mass is 32.1. The van der Waals surface area contributed by atoms with E-state index < -0.39 is 0 Å². The Morgan fingerprint density at radius 1 is 1.43 bits per heavy atom. The van der Waals surface area contributed by atoms with E-state index in [2.05, 4.69) is 34.0 Å². The topological polar surface area (TPSA) is 69.6 Å². The third kappa shape index (κ3) is 6.41. The van der Waals surface area contributed by atoms with E-state index in [1.54, 1.807) is 0 Å². The van der Waals surface area contributed by atoms with Gasteiger partial charge in [-0.05, 0) is 36.5 Å². The van der Waals surface area contributed by atoms with Gasteiger partial charge in [-0.3, -0.25) is 9.80 Å². The molecule has 0 spiro atoms. The lowest BCUT2D eigenvalue weighted by molar-refractivity contribution is -0.132. The number of rotatable bonds is 10. The molecule has 0 aliphatic carbocycles. The predicted octanol–water partition coefficient (Wildman–Crippen LogP) is 1.44. The van der Waals surface area contributed by atoms with E-state index in [4.69, 9.17) is 21.7 Å². The molecule has 28 heavy (non-hydrogen) atoms. The van der Waals surface area contributed by atoms with Crippen molar-refractivity contribution in [1.29, 1.82) is 0 Å². The van der Waals surface area contributed by atoms with E-state index in [0.29, 0.717) is 19.6 Å². The van der Waals surface area contributed by atoms with Gasteiger partial charge in [-0.2, -0.15) is 5.10 Å². The van der Waals surface area contributed by atoms with Crippen molar-refractivity contribution in [3.63, 3.8) is 0 Å². The highest BCUT2D eigenvalue weighted by Gasteiger charge is 2.15. The Bertz CT molecular complexity index is 683. The number of nitrogens with one attached hydrogen (secondary N) is 1. The molecule has 0 bridgehead atoms. The zero-order valence-corrected chi connectivity index (χ0v) is 17.1. The molecular formula is C19H27N5O3S. The van der Waals surface area contributed by atoms with E-state index in [1.807, 2.05) is 41.5 Å². The summed E-state index contributed by atoms with van der Waals surface area (Å²) in [6.45, 7) is 7.54. The second-order valence-corrected chi connectivity index (χ2v) is 6.62. The van der Waals surface area contributed by atoms with Gasteiger partial charge in [0, 0.05) is 25.0 Å². The molecule has 1 unspecified atom stereocenters. The molecule has 8 nitrogen and oxygen atoms in total. The highest BCUT2D eigenvalue weighted by Crippen LogP contribution is 2.21. The van der Waals surface area contributed by atoms with E-state index in [9.17, 15) is 4.79 Å². The van der Waals surface area contributed by atoms with E-state index in [0.717, 1.165) is 31.0 Å². The number of ether oxygens (including phenoxy) is 2. The van der Waals surface area contributed by atoms with Crippen molar-refractivity contribution < 1.29 is 14.3 Å². The van der Waals surface area contributed by atoms with Crippen molar-refractivity contribution in [2.75, 3.05) is 56.7 Å². The fraction of sp³-hybridized carbons (Fsp3) is 0.421. The van der Waals surface area contributed by atoms with Crippen LogP contribution < -0.4 is 15.1 Å². The summed E-state index contributed by atoms with van der Waals surface area (Å²) in [5.41, 5.74) is 2.09. The molecule has 152 valence electrons. The average molecular weight is 406 g/mol. The SMILES string of the molecule is C=CCN1CCN(c2ccc(N(C)CC(CNC(=S)OC)OC=O)cc2)C=N1. The van der Waals surface area contributed by atoms with Crippen LogP contribution in [0.5, 0.6) is 0 Å². The second kappa shape index (κ2) is 11.1. The summed E-state index contributed by atoms with van der Waals surface area (Å²) in [4.78, 5) is 14.9. The van der Waals surface area contributed by atoms with Crippen LogP contribution in [-0.4, -0.2) is 76.0 Å². The largest absolute Gasteiger partial charge is 0.474 e. The van der Waals surface area contributed by atoms with Crippen LogP contribution in [-0.2, 0) is 14.3 Å². The Kier molecular flexibility index (Phi) is 8.54.